The Bertz CT molecular complexity index is 1240. The van der Waals surface area contributed by atoms with E-state index in [1.54, 1.807) is 0 Å². The molecule has 5 heteroatoms. The highest BCUT2D eigenvalue weighted by atomic mass is 16.5. The molecule has 0 saturated heterocycles. The van der Waals surface area contributed by atoms with E-state index in [1.165, 1.54) is 10.5 Å². The molecule has 2 heterocycles. The first-order chi connectivity index (χ1) is 16.1. The second-order valence-electron chi connectivity index (χ2n) is 8.18. The minimum absolute atomic E-state index is 0.287. The van der Waals surface area contributed by atoms with Crippen LogP contribution in [0.4, 0.5) is 11.4 Å². The minimum Gasteiger partial charge on any atom is -0.494 e. The lowest BCUT2D eigenvalue weighted by molar-refractivity contribution is -0.120. The number of fused-ring (bicyclic) bond motifs is 1. The summed E-state index contributed by atoms with van der Waals surface area (Å²) in [6, 6.07) is 23.1. The van der Waals surface area contributed by atoms with Crippen molar-refractivity contribution in [2.45, 2.75) is 26.7 Å². The zero-order valence-corrected chi connectivity index (χ0v) is 18.9. The van der Waals surface area contributed by atoms with Crippen LogP contribution in [0.25, 0.3) is 5.57 Å². The third kappa shape index (κ3) is 3.59. The first-order valence-corrected chi connectivity index (χ1v) is 11.4. The van der Waals surface area contributed by atoms with Gasteiger partial charge in [-0.15, -0.1) is 0 Å². The summed E-state index contributed by atoms with van der Waals surface area (Å²) in [6.07, 6.45) is 1.73. The van der Waals surface area contributed by atoms with E-state index >= 15 is 0 Å². The quantitative estimate of drug-likeness (QED) is 0.509. The predicted octanol–water partition coefficient (Wildman–Crippen LogP) is 4.99. The maximum Gasteiger partial charge on any atom is 0.282 e. The molecule has 0 aromatic heterocycles. The molecule has 2 aliphatic heterocycles. The number of aryl methyl sites for hydroxylation is 1. The van der Waals surface area contributed by atoms with Gasteiger partial charge in [-0.1, -0.05) is 49.4 Å². The van der Waals surface area contributed by atoms with E-state index in [1.807, 2.05) is 78.6 Å². The maximum absolute atomic E-state index is 13.8. The second kappa shape index (κ2) is 8.58. The van der Waals surface area contributed by atoms with E-state index < -0.39 is 0 Å². The zero-order valence-electron chi connectivity index (χ0n) is 18.9. The van der Waals surface area contributed by atoms with Crippen LogP contribution in [-0.4, -0.2) is 25.0 Å². The Balaban J connectivity index is 1.62. The zero-order chi connectivity index (χ0) is 22.9. The predicted molar refractivity (Wildman–Crippen MR) is 130 cm³/mol. The SMILES string of the molecule is CCOc1ccc(C2=C(N3CCc4ccccc43)C(=O)N(c3ccc(CC)cc3)C2=O)cc1. The van der Waals surface area contributed by atoms with Gasteiger partial charge >= 0.3 is 0 Å². The number of hydrogen-bond acceptors (Lipinski definition) is 4. The molecular formula is C28H26N2O3. The van der Waals surface area contributed by atoms with Crippen LogP contribution < -0.4 is 14.5 Å². The largest absolute Gasteiger partial charge is 0.494 e. The summed E-state index contributed by atoms with van der Waals surface area (Å²) < 4.78 is 5.57. The molecule has 2 aliphatic rings. The molecule has 0 saturated carbocycles. The van der Waals surface area contributed by atoms with E-state index in [4.69, 9.17) is 4.74 Å². The van der Waals surface area contributed by atoms with Gasteiger partial charge in [-0.3, -0.25) is 9.59 Å². The molecule has 0 N–H and O–H groups in total. The van der Waals surface area contributed by atoms with Crippen molar-refractivity contribution in [2.24, 2.45) is 0 Å². The summed E-state index contributed by atoms with van der Waals surface area (Å²) in [5.74, 6) is 0.149. The van der Waals surface area contributed by atoms with Crippen molar-refractivity contribution in [3.05, 3.63) is 95.2 Å². The van der Waals surface area contributed by atoms with Gasteiger partial charge in [0.1, 0.15) is 11.4 Å². The molecule has 0 unspecified atom stereocenters. The van der Waals surface area contributed by atoms with Crippen LogP contribution in [0.5, 0.6) is 5.75 Å². The van der Waals surface area contributed by atoms with Gasteiger partial charge in [0.25, 0.3) is 11.8 Å². The Hall–Kier alpha value is -3.86. The van der Waals surface area contributed by atoms with Gasteiger partial charge in [-0.2, -0.15) is 0 Å². The first-order valence-electron chi connectivity index (χ1n) is 11.4. The smallest absolute Gasteiger partial charge is 0.282 e. The van der Waals surface area contributed by atoms with Crippen LogP contribution in [0.1, 0.15) is 30.5 Å². The van der Waals surface area contributed by atoms with Crippen LogP contribution in [-0.2, 0) is 22.4 Å². The van der Waals surface area contributed by atoms with Gasteiger partial charge < -0.3 is 9.64 Å². The lowest BCUT2D eigenvalue weighted by Crippen LogP contribution is -2.34. The van der Waals surface area contributed by atoms with Gasteiger partial charge in [0.05, 0.1) is 17.9 Å². The molecule has 2 amide bonds. The Morgan fingerprint density at radius 3 is 2.27 bits per heavy atom. The molecule has 33 heavy (non-hydrogen) atoms. The number of ether oxygens (including phenoxy) is 1. The standard InChI is InChI=1S/C28H26N2O3/c1-3-19-9-13-22(14-10-19)30-27(31)25(21-11-15-23(16-12-21)33-4-2)26(28(30)32)29-18-17-20-7-5-6-8-24(20)29/h5-16H,3-4,17-18H2,1-2H3. The number of carbonyl (C=O) groups excluding carboxylic acids is 2. The van der Waals surface area contributed by atoms with Crippen molar-refractivity contribution in [3.63, 3.8) is 0 Å². The normalized spacial score (nSPS) is 15.5. The molecule has 0 atom stereocenters. The summed E-state index contributed by atoms with van der Waals surface area (Å²) in [6.45, 7) is 5.24. The summed E-state index contributed by atoms with van der Waals surface area (Å²) in [7, 11) is 0. The van der Waals surface area contributed by atoms with Crippen molar-refractivity contribution in [3.8, 4) is 5.75 Å². The lowest BCUT2D eigenvalue weighted by Gasteiger charge is -2.22. The highest BCUT2D eigenvalue weighted by molar-refractivity contribution is 6.46. The lowest BCUT2D eigenvalue weighted by atomic mass is 10.0. The summed E-state index contributed by atoms with van der Waals surface area (Å²) >= 11 is 0. The van der Waals surface area contributed by atoms with E-state index in [0.717, 1.165) is 29.8 Å². The van der Waals surface area contributed by atoms with Crippen molar-refractivity contribution in [2.75, 3.05) is 23.0 Å². The number of benzene rings is 3. The Morgan fingerprint density at radius 2 is 1.58 bits per heavy atom. The van der Waals surface area contributed by atoms with E-state index in [-0.39, 0.29) is 11.8 Å². The van der Waals surface area contributed by atoms with Crippen LogP contribution in [0.3, 0.4) is 0 Å². The number of nitrogens with zero attached hydrogens (tertiary/aromatic N) is 2. The molecule has 3 aromatic rings. The minimum atomic E-state index is -0.298. The fourth-order valence-electron chi connectivity index (χ4n) is 4.60. The Labute approximate surface area is 193 Å². The Kier molecular flexibility index (Phi) is 5.47. The molecular weight excluding hydrogens is 412 g/mol. The average Bonchev–Trinajstić information content (AvgIpc) is 3.38. The number of para-hydroxylation sites is 1. The fourth-order valence-corrected chi connectivity index (χ4v) is 4.60. The fraction of sp³-hybridized carbons (Fsp3) is 0.214. The number of anilines is 2. The van der Waals surface area contributed by atoms with E-state index in [9.17, 15) is 9.59 Å². The van der Waals surface area contributed by atoms with Crippen LogP contribution in [0.15, 0.2) is 78.5 Å². The molecule has 0 bridgehead atoms. The van der Waals surface area contributed by atoms with Gasteiger partial charge in [-0.05, 0) is 66.8 Å². The first kappa shape index (κ1) is 21.0. The number of hydrogen-bond donors (Lipinski definition) is 0. The molecule has 5 nitrogen and oxygen atoms in total. The molecule has 0 aliphatic carbocycles. The van der Waals surface area contributed by atoms with Crippen LogP contribution >= 0.6 is 0 Å². The van der Waals surface area contributed by atoms with Crippen LogP contribution in [0, 0.1) is 0 Å². The van der Waals surface area contributed by atoms with Crippen molar-refractivity contribution in [1.82, 2.24) is 0 Å². The summed E-state index contributed by atoms with van der Waals surface area (Å²) in [5, 5.41) is 0. The van der Waals surface area contributed by atoms with Gasteiger partial charge in [0.2, 0.25) is 0 Å². The van der Waals surface area contributed by atoms with Gasteiger partial charge in [-0.25, -0.2) is 4.90 Å². The number of amides is 2. The number of carbonyl (C=O) groups is 2. The third-order valence-corrected chi connectivity index (χ3v) is 6.27. The second-order valence-corrected chi connectivity index (χ2v) is 8.18. The molecule has 0 spiro atoms. The average molecular weight is 439 g/mol. The topological polar surface area (TPSA) is 49.9 Å². The molecule has 166 valence electrons. The number of imide groups is 1. The van der Waals surface area contributed by atoms with E-state index in [0.29, 0.717) is 35.7 Å². The maximum atomic E-state index is 13.8. The molecule has 0 radical (unpaired) electrons. The third-order valence-electron chi connectivity index (χ3n) is 6.27. The monoisotopic (exact) mass is 438 g/mol. The summed E-state index contributed by atoms with van der Waals surface area (Å²) in [4.78, 5) is 30.9. The van der Waals surface area contributed by atoms with Gasteiger partial charge in [0.15, 0.2) is 0 Å². The van der Waals surface area contributed by atoms with Crippen LogP contribution in [0.2, 0.25) is 0 Å². The number of rotatable bonds is 6. The molecule has 5 rings (SSSR count). The van der Waals surface area contributed by atoms with E-state index in [2.05, 4.69) is 13.0 Å². The summed E-state index contributed by atoms with van der Waals surface area (Å²) in [5.41, 5.74) is 5.50. The molecule has 0 fully saturated rings. The van der Waals surface area contributed by atoms with Gasteiger partial charge in [0, 0.05) is 12.2 Å². The molecule has 3 aromatic carbocycles. The highest BCUT2D eigenvalue weighted by Crippen LogP contribution is 2.40. The Morgan fingerprint density at radius 1 is 0.848 bits per heavy atom. The van der Waals surface area contributed by atoms with Crippen molar-refractivity contribution < 1.29 is 14.3 Å². The highest BCUT2D eigenvalue weighted by Gasteiger charge is 2.44. The van der Waals surface area contributed by atoms with Crippen molar-refractivity contribution >= 4 is 28.8 Å². The van der Waals surface area contributed by atoms with Crippen molar-refractivity contribution in [1.29, 1.82) is 0 Å².